The minimum atomic E-state index is -0.206. The Labute approximate surface area is 101 Å². The average molecular weight is 255 g/mol. The van der Waals surface area contributed by atoms with Gasteiger partial charge in [-0.15, -0.1) is 0 Å². The molecule has 6 heteroatoms. The van der Waals surface area contributed by atoms with E-state index in [1.54, 1.807) is 12.1 Å². The normalized spacial score (nSPS) is 10.6. The van der Waals surface area contributed by atoms with Crippen molar-refractivity contribution in [2.45, 2.75) is 16.6 Å². The van der Waals surface area contributed by atoms with Gasteiger partial charge in [-0.25, -0.2) is 9.37 Å². The van der Waals surface area contributed by atoms with E-state index in [4.69, 9.17) is 5.73 Å². The van der Waals surface area contributed by atoms with Gasteiger partial charge in [0, 0.05) is 17.9 Å². The summed E-state index contributed by atoms with van der Waals surface area (Å²) in [7, 11) is 0. The van der Waals surface area contributed by atoms with Crippen molar-refractivity contribution in [1.82, 2.24) is 9.36 Å². The molecule has 84 valence electrons. The first-order chi connectivity index (χ1) is 7.81. The molecule has 0 radical (unpaired) electrons. The lowest BCUT2D eigenvalue weighted by molar-refractivity contribution is 0.600. The molecular weight excluding hydrogens is 245 g/mol. The molecule has 0 saturated heterocycles. The Morgan fingerprint density at radius 2 is 2.19 bits per heavy atom. The number of rotatable bonds is 4. The molecule has 1 aromatic carbocycles. The van der Waals surface area contributed by atoms with Crippen molar-refractivity contribution in [3.63, 3.8) is 0 Å². The van der Waals surface area contributed by atoms with Gasteiger partial charge < -0.3 is 5.73 Å². The van der Waals surface area contributed by atoms with Gasteiger partial charge in [-0.05, 0) is 17.1 Å². The zero-order valence-corrected chi connectivity index (χ0v) is 10.0. The molecule has 0 spiro atoms. The molecule has 0 aliphatic carbocycles. The van der Waals surface area contributed by atoms with Crippen LogP contribution in [0.5, 0.6) is 0 Å². The van der Waals surface area contributed by atoms with Crippen molar-refractivity contribution in [3.05, 3.63) is 41.5 Å². The van der Waals surface area contributed by atoms with Gasteiger partial charge in [-0.3, -0.25) is 0 Å². The summed E-state index contributed by atoms with van der Waals surface area (Å²) in [5, 5.41) is 0. The van der Waals surface area contributed by atoms with E-state index in [2.05, 4.69) is 9.36 Å². The first-order valence-electron chi connectivity index (χ1n) is 4.67. The van der Waals surface area contributed by atoms with Gasteiger partial charge in [0.15, 0.2) is 4.34 Å². The van der Waals surface area contributed by atoms with Crippen LogP contribution in [0.3, 0.4) is 0 Å². The quantitative estimate of drug-likeness (QED) is 0.852. The van der Waals surface area contributed by atoms with Crippen LogP contribution >= 0.6 is 23.3 Å². The number of hydrogen-bond donors (Lipinski definition) is 1. The summed E-state index contributed by atoms with van der Waals surface area (Å²) in [6, 6.07) is 5.29. The molecule has 0 aliphatic heterocycles. The maximum atomic E-state index is 13.8. The van der Waals surface area contributed by atoms with Crippen molar-refractivity contribution in [3.8, 4) is 0 Å². The van der Waals surface area contributed by atoms with Gasteiger partial charge in [0.1, 0.15) is 12.1 Å². The van der Waals surface area contributed by atoms with E-state index in [1.807, 2.05) is 6.07 Å². The summed E-state index contributed by atoms with van der Waals surface area (Å²) in [4.78, 5) is 4.03. The van der Waals surface area contributed by atoms with Crippen LogP contribution in [0.4, 0.5) is 4.39 Å². The van der Waals surface area contributed by atoms with Crippen LogP contribution in [0.1, 0.15) is 11.1 Å². The second-order valence-electron chi connectivity index (χ2n) is 3.09. The number of hydrogen-bond acceptors (Lipinski definition) is 5. The zero-order valence-electron chi connectivity index (χ0n) is 8.39. The second kappa shape index (κ2) is 5.38. The van der Waals surface area contributed by atoms with Crippen molar-refractivity contribution >= 4 is 23.3 Å². The number of aromatic nitrogens is 2. The molecule has 2 rings (SSSR count). The topological polar surface area (TPSA) is 51.8 Å². The lowest BCUT2D eigenvalue weighted by Gasteiger charge is -2.05. The van der Waals surface area contributed by atoms with Crippen LogP contribution in [0, 0.1) is 5.82 Å². The number of benzene rings is 1. The van der Waals surface area contributed by atoms with Crippen molar-refractivity contribution in [2.24, 2.45) is 5.73 Å². The first-order valence-corrected chi connectivity index (χ1v) is 6.43. The largest absolute Gasteiger partial charge is 0.326 e. The highest BCUT2D eigenvalue weighted by molar-refractivity contribution is 8.00. The third-order valence-corrected chi connectivity index (χ3v) is 3.92. The maximum absolute atomic E-state index is 13.8. The molecule has 0 aliphatic rings. The summed E-state index contributed by atoms with van der Waals surface area (Å²) in [5.74, 6) is 0.344. The van der Waals surface area contributed by atoms with Crippen LogP contribution in [0.25, 0.3) is 0 Å². The standard InChI is InChI=1S/C10H10FN3S2/c11-9-7(4-12)2-1-3-8(9)5-15-10-13-6-14-16-10/h1-3,6H,4-5,12H2. The minimum Gasteiger partial charge on any atom is -0.326 e. The predicted molar refractivity (Wildman–Crippen MR) is 63.8 cm³/mol. The summed E-state index contributed by atoms with van der Waals surface area (Å²) in [5.41, 5.74) is 6.65. The molecule has 16 heavy (non-hydrogen) atoms. The van der Waals surface area contributed by atoms with Gasteiger partial charge in [-0.2, -0.15) is 4.37 Å². The van der Waals surface area contributed by atoms with Crippen LogP contribution in [0.2, 0.25) is 0 Å². The Morgan fingerprint density at radius 1 is 1.38 bits per heavy atom. The average Bonchev–Trinajstić information content (AvgIpc) is 2.81. The molecule has 0 amide bonds. The van der Waals surface area contributed by atoms with Crippen LogP contribution < -0.4 is 5.73 Å². The van der Waals surface area contributed by atoms with Crippen LogP contribution in [0.15, 0.2) is 28.9 Å². The summed E-state index contributed by atoms with van der Waals surface area (Å²) in [6.45, 7) is 0.225. The lowest BCUT2D eigenvalue weighted by atomic mass is 10.1. The van der Waals surface area contributed by atoms with E-state index in [0.29, 0.717) is 16.9 Å². The molecular formula is C10H10FN3S2. The molecule has 0 bridgehead atoms. The molecule has 0 unspecified atom stereocenters. The number of thioether (sulfide) groups is 1. The van der Waals surface area contributed by atoms with Gasteiger partial charge >= 0.3 is 0 Å². The lowest BCUT2D eigenvalue weighted by Crippen LogP contribution is -2.02. The monoisotopic (exact) mass is 255 g/mol. The van der Waals surface area contributed by atoms with Crippen LogP contribution in [-0.4, -0.2) is 9.36 Å². The van der Waals surface area contributed by atoms with Crippen molar-refractivity contribution < 1.29 is 4.39 Å². The van der Waals surface area contributed by atoms with E-state index >= 15 is 0 Å². The molecule has 0 fully saturated rings. The SMILES string of the molecule is NCc1cccc(CSc2ncns2)c1F. The Morgan fingerprint density at radius 3 is 2.88 bits per heavy atom. The molecule has 2 N–H and O–H groups in total. The van der Waals surface area contributed by atoms with E-state index in [0.717, 1.165) is 4.34 Å². The number of nitrogens with two attached hydrogens (primary N) is 1. The highest BCUT2D eigenvalue weighted by atomic mass is 32.2. The third kappa shape index (κ3) is 2.58. The maximum Gasteiger partial charge on any atom is 0.170 e. The van der Waals surface area contributed by atoms with E-state index in [1.165, 1.54) is 29.6 Å². The Balaban J connectivity index is 2.09. The molecule has 3 nitrogen and oxygen atoms in total. The predicted octanol–water partition coefficient (Wildman–Crippen LogP) is 2.43. The molecule has 1 aromatic heterocycles. The second-order valence-corrected chi connectivity index (χ2v) is 5.09. The van der Waals surface area contributed by atoms with E-state index < -0.39 is 0 Å². The molecule has 0 saturated carbocycles. The minimum absolute atomic E-state index is 0.206. The van der Waals surface area contributed by atoms with Gasteiger partial charge in [0.25, 0.3) is 0 Å². The van der Waals surface area contributed by atoms with E-state index in [-0.39, 0.29) is 12.4 Å². The zero-order chi connectivity index (χ0) is 11.4. The molecule has 1 heterocycles. The van der Waals surface area contributed by atoms with Gasteiger partial charge in [0.05, 0.1) is 0 Å². The Bertz CT molecular complexity index is 459. The molecule has 2 aromatic rings. The number of nitrogens with zero attached hydrogens (tertiary/aromatic N) is 2. The summed E-state index contributed by atoms with van der Waals surface area (Å²) >= 11 is 2.79. The summed E-state index contributed by atoms with van der Waals surface area (Å²) < 4.78 is 18.5. The fourth-order valence-electron chi connectivity index (χ4n) is 1.27. The van der Waals surface area contributed by atoms with Gasteiger partial charge in [-0.1, -0.05) is 30.0 Å². The van der Waals surface area contributed by atoms with Gasteiger partial charge in [0.2, 0.25) is 0 Å². The Hall–Kier alpha value is -0.980. The van der Waals surface area contributed by atoms with Crippen LogP contribution in [-0.2, 0) is 12.3 Å². The number of halogens is 1. The fraction of sp³-hybridized carbons (Fsp3) is 0.200. The van der Waals surface area contributed by atoms with E-state index in [9.17, 15) is 4.39 Å². The Kier molecular flexibility index (Phi) is 3.87. The molecule has 0 atom stereocenters. The highest BCUT2D eigenvalue weighted by Gasteiger charge is 2.07. The summed E-state index contributed by atoms with van der Waals surface area (Å²) in [6.07, 6.45) is 1.50. The highest BCUT2D eigenvalue weighted by Crippen LogP contribution is 2.25. The first kappa shape index (κ1) is 11.5. The smallest absolute Gasteiger partial charge is 0.170 e. The third-order valence-electron chi connectivity index (χ3n) is 2.07. The van der Waals surface area contributed by atoms with Crippen molar-refractivity contribution in [1.29, 1.82) is 0 Å². The fourth-order valence-corrected chi connectivity index (χ4v) is 2.69. The van der Waals surface area contributed by atoms with Crippen molar-refractivity contribution in [2.75, 3.05) is 0 Å².